The van der Waals surface area contributed by atoms with Gasteiger partial charge in [-0.3, -0.25) is 0 Å². The number of benzene rings is 1. The van der Waals surface area contributed by atoms with Crippen LogP contribution in [0.5, 0.6) is 0 Å². The predicted octanol–water partition coefficient (Wildman–Crippen LogP) is 0.0513. The van der Waals surface area contributed by atoms with Crippen LogP contribution in [-0.2, 0) is 12.7 Å². The molecule has 0 saturated carbocycles. The fourth-order valence-electron chi connectivity index (χ4n) is 1.77. The number of hydrogen-bond acceptors (Lipinski definition) is 3. The summed E-state index contributed by atoms with van der Waals surface area (Å²) in [5.74, 6) is 0.989. The van der Waals surface area contributed by atoms with Crippen molar-refractivity contribution in [3.05, 3.63) is 47.7 Å². The summed E-state index contributed by atoms with van der Waals surface area (Å²) in [5, 5.41) is 11.6. The molecule has 7 heteroatoms. The summed E-state index contributed by atoms with van der Waals surface area (Å²) in [7, 11) is 0. The number of halogens is 4. The van der Waals surface area contributed by atoms with Crippen LogP contribution in [0.15, 0.2) is 40.8 Å². The van der Waals surface area contributed by atoms with Crippen LogP contribution >= 0.6 is 0 Å². The van der Waals surface area contributed by atoms with Gasteiger partial charge in [0, 0.05) is 12.1 Å². The molecule has 0 amide bonds. The molecule has 2 rings (SSSR count). The molecule has 1 heterocycles. The van der Waals surface area contributed by atoms with Gasteiger partial charge in [-0.25, -0.2) is 0 Å². The molecule has 0 spiro atoms. The lowest BCUT2D eigenvalue weighted by Crippen LogP contribution is -3.00. The predicted molar refractivity (Wildman–Crippen MR) is 67.9 cm³/mol. The van der Waals surface area contributed by atoms with Crippen molar-refractivity contribution in [3.8, 4) is 11.3 Å². The highest BCUT2D eigenvalue weighted by Gasteiger charge is 2.30. The SMILES string of the molecule is OCCNCc1ccc(-c2cccc(C(F)(F)F)c2)o1.[Cl-]. The number of nitrogens with one attached hydrogen (secondary N) is 1. The van der Waals surface area contributed by atoms with Gasteiger partial charge in [0.25, 0.3) is 0 Å². The lowest BCUT2D eigenvalue weighted by molar-refractivity contribution is -0.137. The van der Waals surface area contributed by atoms with E-state index in [1.807, 2.05) is 0 Å². The third kappa shape index (κ3) is 4.77. The van der Waals surface area contributed by atoms with Crippen molar-refractivity contribution in [2.45, 2.75) is 12.7 Å². The van der Waals surface area contributed by atoms with Crippen LogP contribution in [0, 0.1) is 0 Å². The first-order valence-corrected chi connectivity index (χ1v) is 6.08. The Labute approximate surface area is 126 Å². The van der Waals surface area contributed by atoms with Gasteiger partial charge >= 0.3 is 6.18 Å². The summed E-state index contributed by atoms with van der Waals surface area (Å²) in [6.07, 6.45) is -4.37. The minimum absolute atomic E-state index is 0. The first-order valence-electron chi connectivity index (χ1n) is 6.08. The van der Waals surface area contributed by atoms with Crippen molar-refractivity contribution in [3.63, 3.8) is 0 Å². The van der Waals surface area contributed by atoms with E-state index in [4.69, 9.17) is 9.52 Å². The molecule has 21 heavy (non-hydrogen) atoms. The summed E-state index contributed by atoms with van der Waals surface area (Å²) in [4.78, 5) is 0. The lowest BCUT2D eigenvalue weighted by Gasteiger charge is -2.07. The second kappa shape index (κ2) is 7.49. The molecular formula is C14H14ClF3NO2-. The number of rotatable bonds is 5. The largest absolute Gasteiger partial charge is 1.00 e. The zero-order chi connectivity index (χ0) is 14.6. The zero-order valence-electron chi connectivity index (χ0n) is 11.0. The smallest absolute Gasteiger partial charge is 0.416 e. The van der Waals surface area contributed by atoms with Crippen LogP contribution in [-0.4, -0.2) is 18.3 Å². The Balaban J connectivity index is 0.00000220. The molecule has 1 aromatic heterocycles. The van der Waals surface area contributed by atoms with Crippen molar-refractivity contribution in [2.75, 3.05) is 13.2 Å². The van der Waals surface area contributed by atoms with E-state index >= 15 is 0 Å². The Hall–Kier alpha value is -1.50. The molecule has 2 N–H and O–H groups in total. The minimum Gasteiger partial charge on any atom is -1.00 e. The van der Waals surface area contributed by atoms with E-state index in [-0.39, 0.29) is 19.0 Å². The number of alkyl halides is 3. The Bertz CT molecular complexity index is 569. The lowest BCUT2D eigenvalue weighted by atomic mass is 10.1. The fraction of sp³-hybridized carbons (Fsp3) is 0.286. The van der Waals surface area contributed by atoms with Crippen LogP contribution in [0.2, 0.25) is 0 Å². The monoisotopic (exact) mass is 320 g/mol. The summed E-state index contributed by atoms with van der Waals surface area (Å²) in [6.45, 7) is 0.861. The van der Waals surface area contributed by atoms with Gasteiger partial charge in [0.2, 0.25) is 0 Å². The summed E-state index contributed by atoms with van der Waals surface area (Å²) in [6, 6.07) is 8.33. The molecule has 0 fully saturated rings. The standard InChI is InChI=1S/C14H14F3NO2.ClH/c15-14(16,17)11-3-1-2-10(8-11)13-5-4-12(20-13)9-18-6-7-19;/h1-5,8,18-19H,6-7,9H2;1H/p-1. The molecule has 0 radical (unpaired) electrons. The van der Waals surface area contributed by atoms with E-state index in [1.165, 1.54) is 6.07 Å². The zero-order valence-corrected chi connectivity index (χ0v) is 11.7. The molecule has 0 atom stereocenters. The second-order valence-corrected chi connectivity index (χ2v) is 4.24. The highest BCUT2D eigenvalue weighted by molar-refractivity contribution is 5.58. The Kier molecular flexibility index (Phi) is 6.26. The average Bonchev–Trinajstić information content (AvgIpc) is 2.87. The third-order valence-corrected chi connectivity index (χ3v) is 2.72. The van der Waals surface area contributed by atoms with Crippen LogP contribution in [0.4, 0.5) is 13.2 Å². The Morgan fingerprint density at radius 2 is 1.90 bits per heavy atom. The van der Waals surface area contributed by atoms with Crippen LogP contribution in [0.3, 0.4) is 0 Å². The van der Waals surface area contributed by atoms with E-state index in [0.29, 0.717) is 30.2 Å². The van der Waals surface area contributed by atoms with Crippen LogP contribution < -0.4 is 17.7 Å². The second-order valence-electron chi connectivity index (χ2n) is 4.24. The first-order chi connectivity index (χ1) is 9.50. The maximum absolute atomic E-state index is 12.6. The first kappa shape index (κ1) is 17.6. The molecule has 1 aromatic carbocycles. The van der Waals surface area contributed by atoms with Crippen molar-refractivity contribution >= 4 is 0 Å². The normalized spacial score (nSPS) is 11.2. The van der Waals surface area contributed by atoms with Crippen LogP contribution in [0.1, 0.15) is 11.3 Å². The van der Waals surface area contributed by atoms with E-state index < -0.39 is 11.7 Å². The van der Waals surface area contributed by atoms with E-state index in [0.717, 1.165) is 12.1 Å². The summed E-state index contributed by atoms with van der Waals surface area (Å²) < 4.78 is 43.4. The quantitative estimate of drug-likeness (QED) is 0.765. The topological polar surface area (TPSA) is 45.4 Å². The molecule has 0 saturated heterocycles. The minimum atomic E-state index is -4.37. The maximum Gasteiger partial charge on any atom is 0.416 e. The summed E-state index contributed by atoms with van der Waals surface area (Å²) in [5.41, 5.74) is -0.320. The highest BCUT2D eigenvalue weighted by Crippen LogP contribution is 2.32. The van der Waals surface area contributed by atoms with Gasteiger partial charge in [-0.2, -0.15) is 13.2 Å². The Morgan fingerprint density at radius 1 is 1.14 bits per heavy atom. The van der Waals surface area contributed by atoms with E-state index in [9.17, 15) is 13.2 Å². The average molecular weight is 321 g/mol. The number of furan rings is 1. The van der Waals surface area contributed by atoms with E-state index in [2.05, 4.69) is 5.32 Å². The molecular weight excluding hydrogens is 307 g/mol. The molecule has 0 bridgehead atoms. The number of aliphatic hydroxyl groups is 1. The number of hydrogen-bond donors (Lipinski definition) is 2. The van der Waals surface area contributed by atoms with Crippen LogP contribution in [0.25, 0.3) is 11.3 Å². The van der Waals surface area contributed by atoms with E-state index in [1.54, 1.807) is 18.2 Å². The molecule has 0 unspecified atom stereocenters. The van der Waals surface area contributed by atoms with Gasteiger partial charge in [0.1, 0.15) is 11.5 Å². The third-order valence-electron chi connectivity index (χ3n) is 2.72. The van der Waals surface area contributed by atoms with Gasteiger partial charge in [-0.05, 0) is 24.3 Å². The Morgan fingerprint density at radius 3 is 2.57 bits per heavy atom. The highest BCUT2D eigenvalue weighted by atomic mass is 35.5. The van der Waals surface area contributed by atoms with Gasteiger partial charge in [-0.1, -0.05) is 12.1 Å². The van der Waals surface area contributed by atoms with Crippen molar-refractivity contribution in [2.24, 2.45) is 0 Å². The van der Waals surface area contributed by atoms with Gasteiger partial charge < -0.3 is 27.2 Å². The van der Waals surface area contributed by atoms with Crippen molar-refractivity contribution in [1.29, 1.82) is 0 Å². The molecule has 0 aliphatic heterocycles. The molecule has 0 aliphatic rings. The fourth-order valence-corrected chi connectivity index (χ4v) is 1.77. The molecule has 3 nitrogen and oxygen atoms in total. The summed E-state index contributed by atoms with van der Waals surface area (Å²) >= 11 is 0. The van der Waals surface area contributed by atoms with Gasteiger partial charge in [-0.15, -0.1) is 0 Å². The number of aliphatic hydroxyl groups excluding tert-OH is 1. The maximum atomic E-state index is 12.6. The van der Waals surface area contributed by atoms with Crippen molar-refractivity contribution in [1.82, 2.24) is 5.32 Å². The van der Waals surface area contributed by atoms with Crippen molar-refractivity contribution < 1.29 is 35.1 Å². The molecule has 116 valence electrons. The van der Waals surface area contributed by atoms with Gasteiger partial charge in [0.05, 0.1) is 18.7 Å². The molecule has 2 aromatic rings. The molecule has 0 aliphatic carbocycles. The van der Waals surface area contributed by atoms with Gasteiger partial charge in [0.15, 0.2) is 0 Å².